The van der Waals surface area contributed by atoms with Crippen LogP contribution >= 0.6 is 11.3 Å². The first-order chi connectivity index (χ1) is 16.2. The summed E-state index contributed by atoms with van der Waals surface area (Å²) in [5, 5.41) is 11.5. The van der Waals surface area contributed by atoms with E-state index >= 15 is 0 Å². The number of nitrogens with one attached hydrogen (secondary N) is 2. The molecule has 0 atom stereocenters. The van der Waals surface area contributed by atoms with E-state index in [9.17, 15) is 13.2 Å². The Balaban J connectivity index is 1.29. The quantitative estimate of drug-likeness (QED) is 0.312. The highest BCUT2D eigenvalue weighted by Gasteiger charge is 2.39. The van der Waals surface area contributed by atoms with Gasteiger partial charge < -0.3 is 15.5 Å². The molecule has 0 aliphatic heterocycles. The van der Waals surface area contributed by atoms with Crippen molar-refractivity contribution in [1.82, 2.24) is 25.2 Å². The van der Waals surface area contributed by atoms with Crippen LogP contribution in [-0.2, 0) is 27.7 Å². The first-order valence-electron chi connectivity index (χ1n) is 10.6. The zero-order chi connectivity index (χ0) is 23.9. The number of amides is 1. The van der Waals surface area contributed by atoms with E-state index in [-0.39, 0.29) is 23.1 Å². The third-order valence-corrected chi connectivity index (χ3v) is 7.95. The number of hydrogen-bond acceptors (Lipinski definition) is 9. The Labute approximate surface area is 199 Å². The van der Waals surface area contributed by atoms with Gasteiger partial charge in [0.15, 0.2) is 0 Å². The minimum Gasteiger partial charge on any atom is -0.424 e. The topological polar surface area (TPSA) is 153 Å². The van der Waals surface area contributed by atoms with E-state index in [4.69, 9.17) is 10.2 Å². The maximum atomic E-state index is 12.0. The van der Waals surface area contributed by atoms with Crippen LogP contribution in [0.25, 0.3) is 21.3 Å². The van der Waals surface area contributed by atoms with Crippen molar-refractivity contribution in [1.29, 1.82) is 0 Å². The SMILES string of the molecule is CNS(=O)(=O)c1ccc(-c2ccc3nc(Cc4nnc(CC(=O)NC5(N)CC5)o4)sc3c2)cc1. The molecular formula is C22H22N6O4S2. The molecule has 12 heteroatoms. The largest absolute Gasteiger partial charge is 0.424 e. The van der Waals surface area contributed by atoms with Crippen LogP contribution < -0.4 is 15.8 Å². The summed E-state index contributed by atoms with van der Waals surface area (Å²) < 4.78 is 32.8. The van der Waals surface area contributed by atoms with Gasteiger partial charge in [0.05, 0.1) is 27.2 Å². The third kappa shape index (κ3) is 4.85. The molecule has 0 radical (unpaired) electrons. The Bertz CT molecular complexity index is 1470. The predicted molar refractivity (Wildman–Crippen MR) is 126 cm³/mol. The number of sulfonamides is 1. The van der Waals surface area contributed by atoms with E-state index in [0.717, 1.165) is 39.2 Å². The first-order valence-corrected chi connectivity index (χ1v) is 12.9. The van der Waals surface area contributed by atoms with E-state index in [1.165, 1.54) is 18.4 Å². The van der Waals surface area contributed by atoms with Gasteiger partial charge in [0, 0.05) is 0 Å². The summed E-state index contributed by atoms with van der Waals surface area (Å²) in [6.45, 7) is 0. The average Bonchev–Trinajstić information content (AvgIpc) is 3.19. The molecule has 2 heterocycles. The van der Waals surface area contributed by atoms with Gasteiger partial charge in [-0.05, 0) is 55.3 Å². The molecule has 2 aromatic heterocycles. The van der Waals surface area contributed by atoms with Gasteiger partial charge >= 0.3 is 0 Å². The maximum Gasteiger partial charge on any atom is 0.240 e. The second-order valence-corrected chi connectivity index (χ2v) is 11.2. The minimum absolute atomic E-state index is 0.0104. The molecule has 2 aromatic carbocycles. The molecule has 10 nitrogen and oxygen atoms in total. The van der Waals surface area contributed by atoms with Crippen LogP contribution in [0.4, 0.5) is 0 Å². The molecule has 0 bridgehead atoms. The number of fused-ring (bicyclic) bond motifs is 1. The standard InChI is InChI=1S/C22H22N6O4S2/c1-24-34(30,31)15-5-2-13(3-6-15)14-4-7-16-17(10-14)33-21(25-16)12-20-28-27-19(32-20)11-18(29)26-22(23)8-9-22/h2-7,10,24H,8-9,11-12,23H2,1H3,(H,26,29). The van der Waals surface area contributed by atoms with Crippen molar-refractivity contribution in [2.75, 3.05) is 7.05 Å². The van der Waals surface area contributed by atoms with Crippen molar-refractivity contribution >= 4 is 37.5 Å². The lowest BCUT2D eigenvalue weighted by atomic mass is 10.1. The third-order valence-electron chi connectivity index (χ3n) is 5.50. The molecule has 0 saturated heterocycles. The molecule has 1 fully saturated rings. The Morgan fingerprint density at radius 1 is 1.12 bits per heavy atom. The van der Waals surface area contributed by atoms with E-state index in [1.54, 1.807) is 24.3 Å². The van der Waals surface area contributed by atoms with Crippen molar-refractivity contribution in [2.24, 2.45) is 5.73 Å². The summed E-state index contributed by atoms with van der Waals surface area (Å²) in [5.41, 5.74) is 8.01. The second-order valence-electron chi connectivity index (χ2n) is 8.17. The number of rotatable bonds is 8. The van der Waals surface area contributed by atoms with E-state index in [1.807, 2.05) is 18.2 Å². The van der Waals surface area contributed by atoms with Gasteiger partial charge in [0.2, 0.25) is 27.7 Å². The molecule has 5 rings (SSSR count). The monoisotopic (exact) mass is 498 g/mol. The lowest BCUT2D eigenvalue weighted by molar-refractivity contribution is -0.121. The van der Waals surface area contributed by atoms with Gasteiger partial charge in [-0.15, -0.1) is 21.5 Å². The van der Waals surface area contributed by atoms with Gasteiger partial charge in [0.1, 0.15) is 11.4 Å². The van der Waals surface area contributed by atoms with Crippen molar-refractivity contribution in [3.05, 3.63) is 59.3 Å². The van der Waals surface area contributed by atoms with Crippen LogP contribution in [-0.4, -0.2) is 42.2 Å². The van der Waals surface area contributed by atoms with Crippen molar-refractivity contribution in [3.8, 4) is 11.1 Å². The molecule has 1 amide bonds. The summed E-state index contributed by atoms with van der Waals surface area (Å²) in [4.78, 5) is 16.9. The van der Waals surface area contributed by atoms with Crippen molar-refractivity contribution in [3.63, 3.8) is 0 Å². The zero-order valence-electron chi connectivity index (χ0n) is 18.2. The predicted octanol–water partition coefficient (Wildman–Crippen LogP) is 1.95. The van der Waals surface area contributed by atoms with Gasteiger partial charge in [-0.25, -0.2) is 18.1 Å². The van der Waals surface area contributed by atoms with Gasteiger partial charge in [0.25, 0.3) is 0 Å². The highest BCUT2D eigenvalue weighted by atomic mass is 32.2. The second kappa shape index (κ2) is 8.55. The molecule has 0 spiro atoms. The molecular weight excluding hydrogens is 476 g/mol. The van der Waals surface area contributed by atoms with Crippen LogP contribution in [0.15, 0.2) is 51.8 Å². The Kier molecular flexibility index (Phi) is 5.68. The number of nitrogens with two attached hydrogens (primary N) is 1. The maximum absolute atomic E-state index is 12.0. The van der Waals surface area contributed by atoms with E-state index < -0.39 is 15.7 Å². The van der Waals surface area contributed by atoms with Gasteiger partial charge in [-0.1, -0.05) is 18.2 Å². The number of aromatic nitrogens is 3. The molecule has 1 saturated carbocycles. The molecule has 4 aromatic rings. The summed E-state index contributed by atoms with van der Waals surface area (Å²) >= 11 is 1.51. The summed E-state index contributed by atoms with van der Waals surface area (Å²) in [6.07, 6.45) is 1.90. The number of carbonyl (C=O) groups is 1. The Hall–Kier alpha value is -3.19. The number of carbonyl (C=O) groups excluding carboxylic acids is 1. The van der Waals surface area contributed by atoms with Gasteiger partial charge in [-0.3, -0.25) is 4.79 Å². The Morgan fingerprint density at radius 3 is 2.53 bits per heavy atom. The molecule has 1 aliphatic carbocycles. The van der Waals surface area contributed by atoms with Crippen LogP contribution in [0, 0.1) is 0 Å². The van der Waals surface area contributed by atoms with E-state index in [0.29, 0.717) is 12.3 Å². The lowest BCUT2D eigenvalue weighted by Gasteiger charge is -2.09. The number of thiazole rings is 1. The summed E-state index contributed by atoms with van der Waals surface area (Å²) in [5.74, 6) is 0.389. The normalized spacial score (nSPS) is 14.9. The molecule has 0 unspecified atom stereocenters. The molecule has 1 aliphatic rings. The zero-order valence-corrected chi connectivity index (χ0v) is 19.9. The summed E-state index contributed by atoms with van der Waals surface area (Å²) in [6, 6.07) is 12.6. The van der Waals surface area contributed by atoms with Gasteiger partial charge in [-0.2, -0.15) is 0 Å². The summed E-state index contributed by atoms with van der Waals surface area (Å²) in [7, 11) is -2.09. The Morgan fingerprint density at radius 2 is 1.82 bits per heavy atom. The smallest absolute Gasteiger partial charge is 0.240 e. The van der Waals surface area contributed by atoms with Crippen molar-refractivity contribution in [2.45, 2.75) is 36.2 Å². The minimum atomic E-state index is -3.47. The molecule has 34 heavy (non-hydrogen) atoms. The van der Waals surface area contributed by atoms with Crippen LogP contribution in [0.2, 0.25) is 0 Å². The fourth-order valence-corrected chi connectivity index (χ4v) is 5.18. The highest BCUT2D eigenvalue weighted by Crippen LogP contribution is 2.30. The number of nitrogens with zero attached hydrogens (tertiary/aromatic N) is 3. The van der Waals surface area contributed by atoms with Crippen LogP contribution in [0.1, 0.15) is 29.6 Å². The fourth-order valence-electron chi connectivity index (χ4n) is 3.45. The number of benzene rings is 2. The molecule has 4 N–H and O–H groups in total. The highest BCUT2D eigenvalue weighted by molar-refractivity contribution is 7.89. The van der Waals surface area contributed by atoms with E-state index in [2.05, 4.69) is 25.2 Å². The number of hydrogen-bond donors (Lipinski definition) is 3. The fraction of sp³-hybridized carbons (Fsp3) is 0.273. The average molecular weight is 499 g/mol. The first kappa shape index (κ1) is 22.6. The molecule has 176 valence electrons. The van der Waals surface area contributed by atoms with Crippen LogP contribution in [0.5, 0.6) is 0 Å². The lowest BCUT2D eigenvalue weighted by Crippen LogP contribution is -2.44. The van der Waals surface area contributed by atoms with Crippen molar-refractivity contribution < 1.29 is 17.6 Å². The van der Waals surface area contributed by atoms with Crippen LogP contribution in [0.3, 0.4) is 0 Å².